The van der Waals surface area contributed by atoms with Gasteiger partial charge in [-0.1, -0.05) is 0 Å². The van der Waals surface area contributed by atoms with Crippen LogP contribution in [0.4, 0.5) is 13.2 Å². The summed E-state index contributed by atoms with van der Waals surface area (Å²) in [7, 11) is 1.54. The normalized spacial score (nSPS) is 11.3. The molecule has 1 aromatic heterocycles. The van der Waals surface area contributed by atoms with Crippen LogP contribution in [0.25, 0.3) is 0 Å². The van der Waals surface area contributed by atoms with E-state index in [0.29, 0.717) is 11.5 Å². The fraction of sp³-hybridized carbons (Fsp3) is 0.312. The smallest absolute Gasteiger partial charge is 0.406 e. The van der Waals surface area contributed by atoms with Crippen LogP contribution in [0, 0.1) is 0 Å². The molecule has 0 bridgehead atoms. The van der Waals surface area contributed by atoms with E-state index in [1.54, 1.807) is 30.3 Å². The minimum absolute atomic E-state index is 0.0941. The average molecular weight is 359 g/mol. The van der Waals surface area contributed by atoms with Crippen LogP contribution < -0.4 is 4.74 Å². The molecular formula is C16H16F3NO3S. The first kappa shape index (κ1) is 18.3. The van der Waals surface area contributed by atoms with Crippen molar-refractivity contribution < 1.29 is 27.1 Å². The van der Waals surface area contributed by atoms with Gasteiger partial charge in [-0.3, -0.25) is 4.79 Å². The molecule has 2 aromatic rings. The summed E-state index contributed by atoms with van der Waals surface area (Å²) in [6, 6.07) is 10.0. The third-order valence-corrected chi connectivity index (χ3v) is 4.07. The van der Waals surface area contributed by atoms with Crippen LogP contribution in [0.5, 0.6) is 5.75 Å². The zero-order valence-electron chi connectivity index (χ0n) is 12.9. The number of ether oxygens (including phenoxy) is 1. The maximum absolute atomic E-state index is 12.7. The SMILES string of the molecule is COc1ccc(SCC(=O)N(Cc2ccco2)CC(F)(F)F)cc1. The summed E-state index contributed by atoms with van der Waals surface area (Å²) in [5, 5.41) is 0. The zero-order valence-corrected chi connectivity index (χ0v) is 13.7. The molecule has 0 fully saturated rings. The molecule has 0 N–H and O–H groups in total. The van der Waals surface area contributed by atoms with Gasteiger partial charge < -0.3 is 14.1 Å². The molecular weight excluding hydrogens is 343 g/mol. The predicted octanol–water partition coefficient (Wildman–Crippen LogP) is 3.97. The highest BCUT2D eigenvalue weighted by Gasteiger charge is 2.33. The topological polar surface area (TPSA) is 42.7 Å². The molecule has 0 atom stereocenters. The molecule has 0 saturated carbocycles. The number of carbonyl (C=O) groups excluding carboxylic acids is 1. The Bertz CT molecular complexity index is 642. The second kappa shape index (κ2) is 8.14. The van der Waals surface area contributed by atoms with Crippen LogP contribution in [-0.2, 0) is 11.3 Å². The first-order valence-corrected chi connectivity index (χ1v) is 8.00. The molecule has 4 nitrogen and oxygen atoms in total. The summed E-state index contributed by atoms with van der Waals surface area (Å²) in [6.45, 7) is -1.52. The summed E-state index contributed by atoms with van der Waals surface area (Å²) < 4.78 is 48.2. The summed E-state index contributed by atoms with van der Waals surface area (Å²) in [5.74, 6) is 0.275. The molecule has 1 aromatic carbocycles. The van der Waals surface area contributed by atoms with Gasteiger partial charge in [0.2, 0.25) is 5.91 Å². The lowest BCUT2D eigenvalue weighted by Crippen LogP contribution is -2.39. The Morgan fingerprint density at radius 1 is 1.25 bits per heavy atom. The van der Waals surface area contributed by atoms with Crippen molar-refractivity contribution in [2.24, 2.45) is 0 Å². The standard InChI is InChI=1S/C16H16F3NO3S/c1-22-12-4-6-14(7-5-12)24-10-15(21)20(11-16(17,18)19)9-13-3-2-8-23-13/h2-8H,9-11H2,1H3. The van der Waals surface area contributed by atoms with Gasteiger partial charge in [0, 0.05) is 4.90 Å². The molecule has 8 heteroatoms. The number of hydrogen-bond acceptors (Lipinski definition) is 4. The van der Waals surface area contributed by atoms with E-state index in [9.17, 15) is 18.0 Å². The zero-order chi connectivity index (χ0) is 17.6. The van der Waals surface area contributed by atoms with Crippen molar-refractivity contribution in [1.29, 1.82) is 0 Å². The molecule has 0 radical (unpaired) electrons. The maximum atomic E-state index is 12.7. The summed E-state index contributed by atoms with van der Waals surface area (Å²) in [4.78, 5) is 13.7. The fourth-order valence-corrected chi connectivity index (χ4v) is 2.75. The van der Waals surface area contributed by atoms with Crippen molar-refractivity contribution in [3.8, 4) is 5.75 Å². The predicted molar refractivity (Wildman–Crippen MR) is 83.9 cm³/mol. The number of benzene rings is 1. The highest BCUT2D eigenvalue weighted by Crippen LogP contribution is 2.23. The van der Waals surface area contributed by atoms with Crippen molar-refractivity contribution in [1.82, 2.24) is 4.90 Å². The van der Waals surface area contributed by atoms with Crippen LogP contribution in [-0.4, -0.2) is 36.4 Å². The summed E-state index contributed by atoms with van der Waals surface area (Å²) in [6.07, 6.45) is -3.11. The number of alkyl halides is 3. The summed E-state index contributed by atoms with van der Waals surface area (Å²) >= 11 is 1.17. The average Bonchev–Trinajstić information content (AvgIpc) is 3.04. The second-order valence-corrected chi connectivity index (χ2v) is 5.96. The molecule has 0 spiro atoms. The van der Waals surface area contributed by atoms with Gasteiger partial charge in [-0.2, -0.15) is 13.2 Å². The number of rotatable bonds is 7. The highest BCUT2D eigenvalue weighted by molar-refractivity contribution is 8.00. The van der Waals surface area contributed by atoms with E-state index in [0.717, 1.165) is 9.80 Å². The highest BCUT2D eigenvalue weighted by atomic mass is 32.2. The molecule has 1 heterocycles. The Kier molecular flexibility index (Phi) is 6.19. The van der Waals surface area contributed by atoms with Crippen molar-refractivity contribution in [2.45, 2.75) is 17.6 Å². The quantitative estimate of drug-likeness (QED) is 0.702. The van der Waals surface area contributed by atoms with Gasteiger partial charge in [-0.25, -0.2) is 0 Å². The van der Waals surface area contributed by atoms with Gasteiger partial charge in [0.1, 0.15) is 18.1 Å². The van der Waals surface area contributed by atoms with E-state index in [4.69, 9.17) is 9.15 Å². The van der Waals surface area contributed by atoms with Gasteiger partial charge in [0.15, 0.2) is 0 Å². The molecule has 0 aliphatic rings. The number of methoxy groups -OCH3 is 1. The minimum Gasteiger partial charge on any atom is -0.497 e. The maximum Gasteiger partial charge on any atom is 0.406 e. The third kappa shape index (κ3) is 5.84. The van der Waals surface area contributed by atoms with E-state index in [-0.39, 0.29) is 12.3 Å². The number of furan rings is 1. The van der Waals surface area contributed by atoms with Gasteiger partial charge in [0.05, 0.1) is 25.7 Å². The minimum atomic E-state index is -4.47. The Labute approximate surface area is 141 Å². The Hall–Kier alpha value is -2.09. The van der Waals surface area contributed by atoms with Crippen molar-refractivity contribution in [2.75, 3.05) is 19.4 Å². The lowest BCUT2D eigenvalue weighted by Gasteiger charge is -2.23. The molecule has 0 aliphatic heterocycles. The Morgan fingerprint density at radius 2 is 1.96 bits per heavy atom. The van der Waals surface area contributed by atoms with E-state index in [2.05, 4.69) is 0 Å². The van der Waals surface area contributed by atoms with Crippen LogP contribution in [0.1, 0.15) is 5.76 Å². The van der Waals surface area contributed by atoms with E-state index in [1.165, 1.54) is 31.2 Å². The monoisotopic (exact) mass is 359 g/mol. The lowest BCUT2D eigenvalue weighted by molar-refractivity contribution is -0.161. The molecule has 0 unspecified atom stereocenters. The largest absolute Gasteiger partial charge is 0.497 e. The fourth-order valence-electron chi connectivity index (χ4n) is 1.95. The third-order valence-electron chi connectivity index (χ3n) is 3.07. The first-order chi connectivity index (χ1) is 11.4. The van der Waals surface area contributed by atoms with Gasteiger partial charge >= 0.3 is 6.18 Å². The van der Waals surface area contributed by atoms with Crippen molar-refractivity contribution in [3.63, 3.8) is 0 Å². The molecule has 0 aliphatic carbocycles. The molecule has 1 amide bonds. The van der Waals surface area contributed by atoms with Gasteiger partial charge in [-0.05, 0) is 36.4 Å². The Balaban J connectivity index is 1.97. The second-order valence-electron chi connectivity index (χ2n) is 4.91. The number of nitrogens with zero attached hydrogens (tertiary/aromatic N) is 1. The first-order valence-electron chi connectivity index (χ1n) is 7.01. The number of carbonyl (C=O) groups is 1. The van der Waals surface area contributed by atoms with Crippen molar-refractivity contribution >= 4 is 17.7 Å². The number of thioether (sulfide) groups is 1. The van der Waals surface area contributed by atoms with Gasteiger partial charge in [0.25, 0.3) is 0 Å². The van der Waals surface area contributed by atoms with Crippen LogP contribution >= 0.6 is 11.8 Å². The molecule has 0 saturated heterocycles. The van der Waals surface area contributed by atoms with E-state index >= 15 is 0 Å². The number of halogens is 3. The van der Waals surface area contributed by atoms with E-state index < -0.39 is 18.6 Å². The van der Waals surface area contributed by atoms with Crippen LogP contribution in [0.15, 0.2) is 52.0 Å². The van der Waals surface area contributed by atoms with Crippen LogP contribution in [0.3, 0.4) is 0 Å². The van der Waals surface area contributed by atoms with E-state index in [1.807, 2.05) is 0 Å². The van der Waals surface area contributed by atoms with Crippen LogP contribution in [0.2, 0.25) is 0 Å². The van der Waals surface area contributed by atoms with Crippen molar-refractivity contribution in [3.05, 3.63) is 48.4 Å². The summed E-state index contributed by atoms with van der Waals surface area (Å²) in [5.41, 5.74) is 0. The number of amides is 1. The number of hydrogen-bond donors (Lipinski definition) is 0. The van der Waals surface area contributed by atoms with Gasteiger partial charge in [-0.15, -0.1) is 11.8 Å². The molecule has 24 heavy (non-hydrogen) atoms. The lowest BCUT2D eigenvalue weighted by atomic mass is 10.3. The molecule has 2 rings (SSSR count). The molecule has 130 valence electrons. The Morgan fingerprint density at radius 3 is 2.50 bits per heavy atom.